The van der Waals surface area contributed by atoms with E-state index >= 15 is 0 Å². The van der Waals surface area contributed by atoms with Gasteiger partial charge in [0.05, 0.1) is 13.5 Å². The molecule has 20 heavy (non-hydrogen) atoms. The van der Waals surface area contributed by atoms with Crippen LogP contribution in [0, 0.1) is 0 Å². The van der Waals surface area contributed by atoms with E-state index in [9.17, 15) is 4.79 Å². The van der Waals surface area contributed by atoms with Crippen molar-refractivity contribution in [2.24, 2.45) is 0 Å². The van der Waals surface area contributed by atoms with Crippen LogP contribution < -0.4 is 9.64 Å². The van der Waals surface area contributed by atoms with Crippen molar-refractivity contribution in [3.05, 3.63) is 30.5 Å². The highest BCUT2D eigenvalue weighted by atomic mass is 16.5. The minimum absolute atomic E-state index is 0.0931. The van der Waals surface area contributed by atoms with Crippen molar-refractivity contribution in [2.45, 2.75) is 13.3 Å². The van der Waals surface area contributed by atoms with Crippen molar-refractivity contribution >= 4 is 22.6 Å². The Morgan fingerprint density at radius 2 is 2.15 bits per heavy atom. The van der Waals surface area contributed by atoms with Gasteiger partial charge in [-0.25, -0.2) is 4.98 Å². The van der Waals surface area contributed by atoms with Crippen LogP contribution in [-0.4, -0.2) is 36.3 Å². The van der Waals surface area contributed by atoms with Gasteiger partial charge in [-0.2, -0.15) is 0 Å². The number of anilines is 1. The third-order valence-electron chi connectivity index (χ3n) is 3.24. The zero-order valence-corrected chi connectivity index (χ0v) is 11.7. The van der Waals surface area contributed by atoms with Crippen molar-refractivity contribution in [2.75, 3.05) is 25.1 Å². The third-order valence-corrected chi connectivity index (χ3v) is 3.24. The molecule has 5 nitrogen and oxygen atoms in total. The molecule has 2 rings (SSSR count). The van der Waals surface area contributed by atoms with Gasteiger partial charge in [-0.05, 0) is 19.1 Å². The second kappa shape index (κ2) is 6.23. The molecule has 106 valence electrons. The highest BCUT2D eigenvalue weighted by molar-refractivity contribution is 5.96. The standard InChI is InChI=1S/C15H18N2O3/c1-3-17(10-8-14(18)19)15-12-5-4-6-13(20-2)11(12)7-9-16-15/h4-7,9H,3,8,10H2,1-2H3,(H,18,19). The van der Waals surface area contributed by atoms with E-state index in [2.05, 4.69) is 4.98 Å². The maximum atomic E-state index is 10.7. The molecule has 0 saturated heterocycles. The molecule has 0 saturated carbocycles. The van der Waals surface area contributed by atoms with Crippen LogP contribution in [0.3, 0.4) is 0 Å². The summed E-state index contributed by atoms with van der Waals surface area (Å²) in [4.78, 5) is 17.1. The average Bonchev–Trinajstić information content (AvgIpc) is 2.47. The maximum Gasteiger partial charge on any atom is 0.305 e. The first-order valence-corrected chi connectivity index (χ1v) is 6.55. The van der Waals surface area contributed by atoms with Crippen molar-refractivity contribution < 1.29 is 14.6 Å². The first-order valence-electron chi connectivity index (χ1n) is 6.55. The quantitative estimate of drug-likeness (QED) is 0.877. The molecular weight excluding hydrogens is 256 g/mol. The predicted octanol–water partition coefficient (Wildman–Crippen LogP) is 2.54. The number of rotatable bonds is 6. The number of fused-ring (bicyclic) bond motifs is 1. The van der Waals surface area contributed by atoms with E-state index in [1.165, 1.54) is 0 Å². The zero-order chi connectivity index (χ0) is 14.5. The second-order valence-electron chi connectivity index (χ2n) is 4.41. The number of hydrogen-bond donors (Lipinski definition) is 1. The van der Waals surface area contributed by atoms with Gasteiger partial charge in [0.2, 0.25) is 0 Å². The average molecular weight is 274 g/mol. The number of ether oxygens (including phenoxy) is 1. The number of methoxy groups -OCH3 is 1. The van der Waals surface area contributed by atoms with E-state index in [1.54, 1.807) is 13.3 Å². The van der Waals surface area contributed by atoms with Gasteiger partial charge in [-0.3, -0.25) is 4.79 Å². The summed E-state index contributed by atoms with van der Waals surface area (Å²) in [5.41, 5.74) is 0. The lowest BCUT2D eigenvalue weighted by Gasteiger charge is -2.23. The fourth-order valence-corrected chi connectivity index (χ4v) is 2.24. The third kappa shape index (κ3) is 2.82. The van der Waals surface area contributed by atoms with Crippen LogP contribution in [0.15, 0.2) is 30.5 Å². The van der Waals surface area contributed by atoms with Gasteiger partial charge in [-0.15, -0.1) is 0 Å². The minimum atomic E-state index is -0.804. The van der Waals surface area contributed by atoms with Crippen LogP contribution >= 0.6 is 0 Å². The van der Waals surface area contributed by atoms with Gasteiger partial charge in [0.1, 0.15) is 11.6 Å². The van der Waals surface area contributed by atoms with E-state index in [0.717, 1.165) is 22.3 Å². The van der Waals surface area contributed by atoms with Crippen LogP contribution in [0.2, 0.25) is 0 Å². The smallest absolute Gasteiger partial charge is 0.305 e. The molecule has 0 fully saturated rings. The van der Waals surface area contributed by atoms with Gasteiger partial charge in [-0.1, -0.05) is 12.1 Å². The number of aromatic nitrogens is 1. The Labute approximate surface area is 117 Å². The number of carboxylic acids is 1. The van der Waals surface area contributed by atoms with Gasteiger partial charge < -0.3 is 14.7 Å². The molecule has 0 unspecified atom stereocenters. The molecule has 0 amide bonds. The Kier molecular flexibility index (Phi) is 4.40. The Morgan fingerprint density at radius 1 is 1.35 bits per heavy atom. The van der Waals surface area contributed by atoms with E-state index in [-0.39, 0.29) is 6.42 Å². The van der Waals surface area contributed by atoms with Crippen LogP contribution in [-0.2, 0) is 4.79 Å². The molecule has 1 heterocycles. The van der Waals surface area contributed by atoms with Gasteiger partial charge in [0.15, 0.2) is 0 Å². The summed E-state index contributed by atoms with van der Waals surface area (Å²) in [5, 5.41) is 10.8. The van der Waals surface area contributed by atoms with Gasteiger partial charge >= 0.3 is 5.97 Å². The van der Waals surface area contributed by atoms with Gasteiger partial charge in [0.25, 0.3) is 0 Å². The summed E-state index contributed by atoms with van der Waals surface area (Å²) in [5.74, 6) is 0.784. The normalized spacial score (nSPS) is 10.5. The Morgan fingerprint density at radius 3 is 2.80 bits per heavy atom. The minimum Gasteiger partial charge on any atom is -0.496 e. The summed E-state index contributed by atoms with van der Waals surface area (Å²) in [6.45, 7) is 3.13. The van der Waals surface area contributed by atoms with E-state index in [0.29, 0.717) is 13.1 Å². The summed E-state index contributed by atoms with van der Waals surface area (Å²) in [7, 11) is 1.64. The molecule has 0 bridgehead atoms. The van der Waals surface area contributed by atoms with Gasteiger partial charge in [0, 0.05) is 30.1 Å². The number of hydrogen-bond acceptors (Lipinski definition) is 4. The molecule has 1 aromatic carbocycles. The lowest BCUT2D eigenvalue weighted by molar-refractivity contribution is -0.136. The molecule has 0 atom stereocenters. The summed E-state index contributed by atoms with van der Waals surface area (Å²) in [6, 6.07) is 7.70. The number of aliphatic carboxylic acids is 1. The highest BCUT2D eigenvalue weighted by Crippen LogP contribution is 2.30. The van der Waals surface area contributed by atoms with Crippen LogP contribution in [0.1, 0.15) is 13.3 Å². The first kappa shape index (κ1) is 14.1. The molecule has 0 aliphatic rings. The molecular formula is C15H18N2O3. The topological polar surface area (TPSA) is 62.7 Å². The summed E-state index contributed by atoms with van der Waals surface area (Å²) < 4.78 is 5.35. The van der Waals surface area contributed by atoms with E-state index in [1.807, 2.05) is 36.1 Å². The number of carbonyl (C=O) groups is 1. The highest BCUT2D eigenvalue weighted by Gasteiger charge is 2.13. The van der Waals surface area contributed by atoms with Crippen LogP contribution in [0.25, 0.3) is 10.8 Å². The van der Waals surface area contributed by atoms with Crippen molar-refractivity contribution in [3.63, 3.8) is 0 Å². The van der Waals surface area contributed by atoms with Crippen molar-refractivity contribution in [1.29, 1.82) is 0 Å². The van der Waals surface area contributed by atoms with E-state index < -0.39 is 5.97 Å². The van der Waals surface area contributed by atoms with Crippen LogP contribution in [0.5, 0.6) is 5.75 Å². The molecule has 0 radical (unpaired) electrons. The lowest BCUT2D eigenvalue weighted by atomic mass is 10.1. The van der Waals surface area contributed by atoms with Crippen molar-refractivity contribution in [3.8, 4) is 5.75 Å². The fourth-order valence-electron chi connectivity index (χ4n) is 2.24. The fraction of sp³-hybridized carbons (Fsp3) is 0.333. The molecule has 1 aromatic heterocycles. The molecule has 0 aliphatic heterocycles. The van der Waals surface area contributed by atoms with Crippen molar-refractivity contribution in [1.82, 2.24) is 4.98 Å². The van der Waals surface area contributed by atoms with Crippen LogP contribution in [0.4, 0.5) is 5.82 Å². The number of carboxylic acid groups (broad SMARTS) is 1. The second-order valence-corrected chi connectivity index (χ2v) is 4.41. The number of pyridine rings is 1. The predicted molar refractivity (Wildman–Crippen MR) is 78.4 cm³/mol. The Bertz CT molecular complexity index is 613. The molecule has 0 aliphatic carbocycles. The number of benzene rings is 1. The molecule has 2 aromatic rings. The van der Waals surface area contributed by atoms with E-state index in [4.69, 9.17) is 9.84 Å². The Balaban J connectivity index is 2.44. The largest absolute Gasteiger partial charge is 0.496 e. The summed E-state index contributed by atoms with van der Waals surface area (Å²) >= 11 is 0. The molecule has 5 heteroatoms. The monoisotopic (exact) mass is 274 g/mol. The molecule has 0 spiro atoms. The maximum absolute atomic E-state index is 10.7. The SMILES string of the molecule is CCN(CCC(=O)O)c1nccc2c(OC)cccc12. The molecule has 1 N–H and O–H groups in total. The summed E-state index contributed by atoms with van der Waals surface area (Å²) in [6.07, 6.45) is 1.82. The zero-order valence-electron chi connectivity index (χ0n) is 11.7. The first-order chi connectivity index (χ1) is 9.67. The number of nitrogens with zero attached hydrogens (tertiary/aromatic N) is 2. The Hall–Kier alpha value is -2.30. The lowest BCUT2D eigenvalue weighted by Crippen LogP contribution is -2.26.